The molecule has 0 aliphatic heterocycles. The fourth-order valence-electron chi connectivity index (χ4n) is 0.729. The van der Waals surface area contributed by atoms with Crippen LogP contribution in [0, 0.1) is 5.41 Å². The van der Waals surface area contributed by atoms with E-state index in [-0.39, 0.29) is 5.91 Å². The number of hydrogen-bond donors (Lipinski definition) is 1. The highest BCUT2D eigenvalue weighted by Gasteiger charge is 2.36. The lowest BCUT2D eigenvalue weighted by atomic mass is 9.92. The van der Waals surface area contributed by atoms with E-state index in [0.29, 0.717) is 6.44 Å². The van der Waals surface area contributed by atoms with E-state index in [1.165, 1.54) is 21.0 Å². The van der Waals surface area contributed by atoms with Crippen LogP contribution >= 0.6 is 0 Å². The Bertz CT molecular complexity index is 191. The van der Waals surface area contributed by atoms with Crippen LogP contribution in [-0.2, 0) is 14.3 Å². The van der Waals surface area contributed by atoms with Gasteiger partial charge in [-0.05, 0) is 20.3 Å². The number of carbonyl (C=O) groups is 2. The maximum atomic E-state index is 11.3. The summed E-state index contributed by atoms with van der Waals surface area (Å²) in [5, 5.41) is 2.56. The maximum Gasteiger partial charge on any atom is 0.320 e. The van der Waals surface area contributed by atoms with Crippen LogP contribution in [0.4, 0.5) is 0 Å². The Morgan fingerprint density at radius 1 is 1.50 bits per heavy atom. The van der Waals surface area contributed by atoms with Crippen LogP contribution in [0.3, 0.4) is 0 Å². The summed E-state index contributed by atoms with van der Waals surface area (Å²) in [6.07, 6.45) is 0.513. The normalized spacial score (nSPS) is 10.6. The number of carbonyl (C=O) groups excluding carboxylic acids is 2. The van der Waals surface area contributed by atoms with E-state index in [0.717, 1.165) is 0 Å². The zero-order valence-corrected chi connectivity index (χ0v) is 7.93. The molecular formula is C7H14BNO3. The van der Waals surface area contributed by atoms with Crippen LogP contribution in [-0.4, -0.2) is 33.3 Å². The molecule has 0 saturated heterocycles. The van der Waals surface area contributed by atoms with Crippen molar-refractivity contribution in [1.29, 1.82) is 0 Å². The highest BCUT2D eigenvalue weighted by molar-refractivity contribution is 6.11. The lowest BCUT2D eigenvalue weighted by Crippen LogP contribution is -2.43. The van der Waals surface area contributed by atoms with E-state index in [2.05, 4.69) is 10.1 Å². The van der Waals surface area contributed by atoms with Gasteiger partial charge in [0.1, 0.15) is 13.3 Å². The fraction of sp³-hybridized carbons (Fsp3) is 0.714. The van der Waals surface area contributed by atoms with Crippen molar-refractivity contribution in [2.75, 3.05) is 13.6 Å². The van der Waals surface area contributed by atoms with E-state index in [1.807, 2.05) is 0 Å². The second-order valence-corrected chi connectivity index (χ2v) is 2.98. The summed E-state index contributed by atoms with van der Waals surface area (Å²) in [6.45, 7) is 3.06. The minimum Gasteiger partial charge on any atom is -0.468 e. The van der Waals surface area contributed by atoms with Crippen LogP contribution in [0.5, 0.6) is 0 Å². The van der Waals surface area contributed by atoms with E-state index >= 15 is 0 Å². The highest BCUT2D eigenvalue weighted by Crippen LogP contribution is 2.16. The third-order valence-corrected chi connectivity index (χ3v) is 1.60. The molecule has 0 aromatic carbocycles. The minimum absolute atomic E-state index is 0.308. The average molecular weight is 171 g/mol. The first-order valence-corrected chi connectivity index (χ1v) is 3.83. The van der Waals surface area contributed by atoms with Crippen LogP contribution in [0.2, 0.25) is 0 Å². The Morgan fingerprint density at radius 3 is 2.33 bits per heavy atom. The van der Waals surface area contributed by atoms with E-state index in [1.54, 1.807) is 7.85 Å². The average Bonchev–Trinajstić information content (AvgIpc) is 2.03. The van der Waals surface area contributed by atoms with Gasteiger partial charge in [-0.1, -0.05) is 0 Å². The van der Waals surface area contributed by atoms with Crippen molar-refractivity contribution in [2.45, 2.75) is 13.8 Å². The molecule has 0 bridgehead atoms. The van der Waals surface area contributed by atoms with Crippen LogP contribution in [0.15, 0.2) is 0 Å². The second kappa shape index (κ2) is 4.14. The molecule has 0 unspecified atom stereocenters. The molecule has 12 heavy (non-hydrogen) atoms. The van der Waals surface area contributed by atoms with Crippen molar-refractivity contribution >= 4 is 19.7 Å². The number of amides is 1. The summed E-state index contributed by atoms with van der Waals surface area (Å²) in [6, 6.07) is 0. The second-order valence-electron chi connectivity index (χ2n) is 2.98. The first-order valence-electron chi connectivity index (χ1n) is 3.83. The molecular weight excluding hydrogens is 157 g/mol. The van der Waals surface area contributed by atoms with Gasteiger partial charge in [-0.3, -0.25) is 9.59 Å². The zero-order valence-electron chi connectivity index (χ0n) is 7.93. The number of ether oxygens (including phenoxy) is 1. The third-order valence-electron chi connectivity index (χ3n) is 1.60. The molecule has 0 saturated carbocycles. The predicted molar refractivity (Wildman–Crippen MR) is 47.4 cm³/mol. The van der Waals surface area contributed by atoms with Crippen molar-refractivity contribution in [1.82, 2.24) is 5.32 Å². The van der Waals surface area contributed by atoms with Gasteiger partial charge in [0, 0.05) is 0 Å². The molecule has 1 N–H and O–H groups in total. The van der Waals surface area contributed by atoms with Gasteiger partial charge in [-0.15, -0.1) is 0 Å². The lowest BCUT2D eigenvalue weighted by Gasteiger charge is -2.19. The standard InChI is InChI=1S/C7H14BNO3/c1-7(2,6(11)12-3)5(10)9-4-8/h4,8H2,1-3H3,(H,9,10). The summed E-state index contributed by atoms with van der Waals surface area (Å²) >= 11 is 0. The first kappa shape index (κ1) is 11.0. The first-order chi connectivity index (χ1) is 5.46. The summed E-state index contributed by atoms with van der Waals surface area (Å²) in [5.41, 5.74) is -1.09. The predicted octanol–water partition coefficient (Wildman–Crippen LogP) is -1.11. The number of rotatable bonds is 3. The fourth-order valence-corrected chi connectivity index (χ4v) is 0.729. The molecule has 0 aliphatic rings. The maximum absolute atomic E-state index is 11.3. The van der Waals surface area contributed by atoms with Gasteiger partial charge < -0.3 is 10.1 Å². The smallest absolute Gasteiger partial charge is 0.320 e. The molecule has 0 aromatic heterocycles. The Hall–Kier alpha value is -0.995. The number of nitrogens with one attached hydrogen (secondary N) is 1. The van der Waals surface area contributed by atoms with Crippen molar-refractivity contribution in [3.8, 4) is 0 Å². The van der Waals surface area contributed by atoms with Crippen molar-refractivity contribution in [3.63, 3.8) is 0 Å². The van der Waals surface area contributed by atoms with Gasteiger partial charge in [-0.25, -0.2) is 0 Å². The van der Waals surface area contributed by atoms with Gasteiger partial charge in [-0.2, -0.15) is 0 Å². The summed E-state index contributed by atoms with van der Waals surface area (Å²) in [5.74, 6) is -0.828. The zero-order chi connectivity index (χ0) is 9.78. The molecule has 0 aliphatic carbocycles. The van der Waals surface area contributed by atoms with Crippen LogP contribution in [0.25, 0.3) is 0 Å². The molecule has 0 atom stereocenters. The third kappa shape index (κ3) is 2.25. The van der Waals surface area contributed by atoms with E-state index in [9.17, 15) is 9.59 Å². The molecule has 0 radical (unpaired) electrons. The Labute approximate surface area is 73.1 Å². The lowest BCUT2D eigenvalue weighted by molar-refractivity contribution is -0.156. The molecule has 0 fully saturated rings. The monoisotopic (exact) mass is 171 g/mol. The molecule has 0 aromatic rings. The van der Waals surface area contributed by atoms with Crippen LogP contribution in [0.1, 0.15) is 13.8 Å². The van der Waals surface area contributed by atoms with Gasteiger partial charge in [0.05, 0.1) is 7.11 Å². The molecule has 1 amide bonds. The Balaban J connectivity index is 4.38. The Kier molecular flexibility index (Phi) is 3.79. The summed E-state index contributed by atoms with van der Waals surface area (Å²) < 4.78 is 4.48. The largest absolute Gasteiger partial charge is 0.468 e. The molecule has 0 rings (SSSR count). The number of hydrogen-bond acceptors (Lipinski definition) is 3. The van der Waals surface area contributed by atoms with Crippen molar-refractivity contribution < 1.29 is 14.3 Å². The van der Waals surface area contributed by atoms with Crippen molar-refractivity contribution in [3.05, 3.63) is 0 Å². The molecule has 68 valence electrons. The molecule has 5 heteroatoms. The SMILES string of the molecule is BCNC(=O)C(C)(C)C(=O)OC. The van der Waals surface area contributed by atoms with Gasteiger partial charge >= 0.3 is 5.97 Å². The molecule has 4 nitrogen and oxygen atoms in total. The van der Waals surface area contributed by atoms with Crippen LogP contribution < -0.4 is 5.32 Å². The highest BCUT2D eigenvalue weighted by atomic mass is 16.5. The minimum atomic E-state index is -1.09. The molecule has 0 spiro atoms. The van der Waals surface area contributed by atoms with E-state index in [4.69, 9.17) is 0 Å². The number of esters is 1. The molecule has 0 heterocycles. The summed E-state index contributed by atoms with van der Waals surface area (Å²) in [7, 11) is 3.06. The Morgan fingerprint density at radius 2 is 2.00 bits per heavy atom. The van der Waals surface area contributed by atoms with Gasteiger partial charge in [0.25, 0.3) is 0 Å². The van der Waals surface area contributed by atoms with Crippen molar-refractivity contribution in [2.24, 2.45) is 5.41 Å². The van der Waals surface area contributed by atoms with Gasteiger partial charge in [0.2, 0.25) is 5.91 Å². The van der Waals surface area contributed by atoms with Gasteiger partial charge in [0.15, 0.2) is 0 Å². The summed E-state index contributed by atoms with van der Waals surface area (Å²) in [4.78, 5) is 22.3. The van der Waals surface area contributed by atoms with E-state index < -0.39 is 11.4 Å². The quantitative estimate of drug-likeness (QED) is 0.333. The topological polar surface area (TPSA) is 55.4 Å². The number of methoxy groups -OCH3 is 1.